The highest BCUT2D eigenvalue weighted by atomic mass is 16.3. The van der Waals surface area contributed by atoms with Crippen LogP contribution < -0.4 is 0 Å². The summed E-state index contributed by atoms with van der Waals surface area (Å²) in [5.41, 5.74) is 17.1. The minimum atomic E-state index is 0.569. The zero-order valence-corrected chi connectivity index (χ0v) is 40.7. The van der Waals surface area contributed by atoms with Crippen molar-refractivity contribution in [2.75, 3.05) is 0 Å². The van der Waals surface area contributed by atoms with E-state index in [9.17, 15) is 0 Å². The SMILES string of the molecule is c1ccc(-c2nc(-c3ccc4oc5c(-c6ccc7c(c6)c6ccccc6n7-c6ccccc6)cccc5c4c3)nc(-c3ccc4oc5c(-c6ccc7c(c6)c6ccccc6n7-c6ccccc6)cccc5c4c3)n2)cc1. The molecule has 11 aromatic carbocycles. The number of hydrogen-bond acceptors (Lipinski definition) is 5. The molecule has 0 saturated carbocycles. The van der Waals surface area contributed by atoms with E-state index in [2.05, 4.69) is 203 Å². The molecular weight excluding hydrogens is 931 g/mol. The van der Waals surface area contributed by atoms with Gasteiger partial charge in [0.25, 0.3) is 0 Å². The number of aromatic nitrogens is 5. The van der Waals surface area contributed by atoms with Crippen molar-refractivity contribution in [3.8, 4) is 67.8 Å². The lowest BCUT2D eigenvalue weighted by Crippen LogP contribution is -2.00. The first-order chi connectivity index (χ1) is 37.7. The number of para-hydroxylation sites is 6. The number of benzene rings is 11. The first-order valence-corrected chi connectivity index (χ1v) is 25.6. The van der Waals surface area contributed by atoms with Gasteiger partial charge < -0.3 is 18.0 Å². The number of nitrogens with zero attached hydrogens (tertiary/aromatic N) is 5. The molecule has 0 radical (unpaired) electrons. The van der Waals surface area contributed by atoms with Crippen LogP contribution in [0.15, 0.2) is 258 Å². The largest absolute Gasteiger partial charge is 0.455 e. The van der Waals surface area contributed by atoms with Crippen LogP contribution in [-0.4, -0.2) is 24.1 Å². The molecule has 76 heavy (non-hydrogen) atoms. The Morgan fingerprint density at radius 3 is 1.09 bits per heavy atom. The molecule has 354 valence electrons. The fraction of sp³-hybridized carbons (Fsp3) is 0. The van der Waals surface area contributed by atoms with Crippen molar-refractivity contribution >= 4 is 87.5 Å². The molecule has 0 saturated heterocycles. The standard InChI is InChI=1S/C69H41N5O2/c1-4-16-42(17-5-1)67-70-68(45-32-36-63-57(40-45)53-26-14-24-49(65(53)75-63)43-30-34-61-55(38-43)51-22-10-12-28-59(51)73(61)47-18-6-2-7-19-47)72-69(71-67)46-33-37-64-58(41-46)54-27-15-25-50(66(54)76-64)44-31-35-62-56(39-44)52-23-11-13-29-60(52)74(62)48-20-8-3-9-21-48/h1-41H. The van der Waals surface area contributed by atoms with Crippen LogP contribution in [0.25, 0.3) is 155 Å². The summed E-state index contributed by atoms with van der Waals surface area (Å²) in [4.78, 5) is 15.5. The van der Waals surface area contributed by atoms with Gasteiger partial charge in [0, 0.05) is 82.3 Å². The van der Waals surface area contributed by atoms with Crippen LogP contribution in [0.3, 0.4) is 0 Å². The lowest BCUT2D eigenvalue weighted by molar-refractivity contribution is 0.669. The zero-order chi connectivity index (χ0) is 49.8. The van der Waals surface area contributed by atoms with Gasteiger partial charge in [0.15, 0.2) is 17.5 Å². The zero-order valence-electron chi connectivity index (χ0n) is 40.7. The lowest BCUT2D eigenvalue weighted by Gasteiger charge is -2.09. The molecule has 0 amide bonds. The van der Waals surface area contributed by atoms with Gasteiger partial charge in [0.2, 0.25) is 0 Å². The van der Waals surface area contributed by atoms with E-state index in [1.54, 1.807) is 0 Å². The maximum atomic E-state index is 6.78. The Kier molecular flexibility index (Phi) is 9.20. The van der Waals surface area contributed by atoms with Crippen molar-refractivity contribution in [3.63, 3.8) is 0 Å². The van der Waals surface area contributed by atoms with Gasteiger partial charge in [-0.05, 0) is 108 Å². The van der Waals surface area contributed by atoms with Crippen LogP contribution in [0, 0.1) is 0 Å². The Labute approximate surface area is 434 Å². The summed E-state index contributed by atoms with van der Waals surface area (Å²) in [5, 5.41) is 8.81. The third-order valence-electron chi connectivity index (χ3n) is 15.2. The molecule has 0 aliphatic carbocycles. The third kappa shape index (κ3) is 6.52. The molecular formula is C69H41N5O2. The molecule has 0 aliphatic heterocycles. The monoisotopic (exact) mass is 971 g/mol. The number of hydrogen-bond donors (Lipinski definition) is 0. The van der Waals surface area contributed by atoms with E-state index in [1.165, 1.54) is 32.6 Å². The molecule has 7 heteroatoms. The van der Waals surface area contributed by atoms with Gasteiger partial charge in [0.05, 0.1) is 22.1 Å². The minimum Gasteiger partial charge on any atom is -0.455 e. The van der Waals surface area contributed by atoms with Crippen molar-refractivity contribution in [2.45, 2.75) is 0 Å². The summed E-state index contributed by atoms with van der Waals surface area (Å²) >= 11 is 0. The number of fused-ring (bicyclic) bond motifs is 12. The van der Waals surface area contributed by atoms with Crippen molar-refractivity contribution in [2.24, 2.45) is 0 Å². The Hall–Kier alpha value is -10.4. The van der Waals surface area contributed by atoms with Crippen molar-refractivity contribution < 1.29 is 8.83 Å². The van der Waals surface area contributed by atoms with Crippen LogP contribution in [0.2, 0.25) is 0 Å². The number of furan rings is 2. The summed E-state index contributed by atoms with van der Waals surface area (Å²) in [6.45, 7) is 0. The smallest absolute Gasteiger partial charge is 0.164 e. The highest BCUT2D eigenvalue weighted by molar-refractivity contribution is 6.15. The summed E-state index contributed by atoms with van der Waals surface area (Å²) in [5.74, 6) is 1.73. The van der Waals surface area contributed by atoms with Crippen molar-refractivity contribution in [1.82, 2.24) is 24.1 Å². The normalized spacial score (nSPS) is 11.9. The van der Waals surface area contributed by atoms with Crippen LogP contribution >= 0.6 is 0 Å². The summed E-state index contributed by atoms with van der Waals surface area (Å²) in [6, 6.07) is 87.3. The van der Waals surface area contributed by atoms with Gasteiger partial charge in [-0.25, -0.2) is 15.0 Å². The second-order valence-corrected chi connectivity index (χ2v) is 19.5. The van der Waals surface area contributed by atoms with Gasteiger partial charge in [-0.3, -0.25) is 0 Å². The Bertz CT molecular complexity index is 4700. The fourth-order valence-corrected chi connectivity index (χ4v) is 11.7. The van der Waals surface area contributed by atoms with Gasteiger partial charge in [-0.1, -0.05) is 152 Å². The minimum absolute atomic E-state index is 0.569. The maximum Gasteiger partial charge on any atom is 0.164 e. The molecule has 5 heterocycles. The highest BCUT2D eigenvalue weighted by Crippen LogP contribution is 2.43. The van der Waals surface area contributed by atoms with Gasteiger partial charge >= 0.3 is 0 Å². The molecule has 0 bridgehead atoms. The topological polar surface area (TPSA) is 74.8 Å². The van der Waals surface area contributed by atoms with Crippen LogP contribution in [-0.2, 0) is 0 Å². The fourth-order valence-electron chi connectivity index (χ4n) is 11.7. The Balaban J connectivity index is 0.799. The van der Waals surface area contributed by atoms with Gasteiger partial charge in [0.1, 0.15) is 22.3 Å². The second kappa shape index (κ2) is 16.6. The van der Waals surface area contributed by atoms with E-state index >= 15 is 0 Å². The highest BCUT2D eigenvalue weighted by Gasteiger charge is 2.21. The molecule has 0 aliphatic rings. The summed E-state index contributed by atoms with van der Waals surface area (Å²) < 4.78 is 18.2. The maximum absolute atomic E-state index is 6.78. The Morgan fingerprint density at radius 2 is 0.618 bits per heavy atom. The first-order valence-electron chi connectivity index (χ1n) is 25.6. The predicted molar refractivity (Wildman–Crippen MR) is 310 cm³/mol. The molecule has 7 nitrogen and oxygen atoms in total. The van der Waals surface area contributed by atoms with Gasteiger partial charge in [-0.15, -0.1) is 0 Å². The Morgan fingerprint density at radius 1 is 0.250 bits per heavy atom. The van der Waals surface area contributed by atoms with E-state index in [-0.39, 0.29) is 0 Å². The first kappa shape index (κ1) is 42.2. The summed E-state index contributed by atoms with van der Waals surface area (Å²) in [6.07, 6.45) is 0. The molecule has 0 fully saturated rings. The molecule has 0 N–H and O–H groups in total. The van der Waals surface area contributed by atoms with E-state index < -0.39 is 0 Å². The summed E-state index contributed by atoms with van der Waals surface area (Å²) in [7, 11) is 0. The van der Waals surface area contributed by atoms with Crippen LogP contribution in [0.4, 0.5) is 0 Å². The quantitative estimate of drug-likeness (QED) is 0.159. The molecule has 0 spiro atoms. The molecule has 16 rings (SSSR count). The number of rotatable bonds is 7. The van der Waals surface area contributed by atoms with Crippen molar-refractivity contribution in [1.29, 1.82) is 0 Å². The molecule has 0 unspecified atom stereocenters. The van der Waals surface area contributed by atoms with Gasteiger partial charge in [-0.2, -0.15) is 0 Å². The molecule has 16 aromatic rings. The average molecular weight is 972 g/mol. The van der Waals surface area contributed by atoms with Crippen LogP contribution in [0.5, 0.6) is 0 Å². The second-order valence-electron chi connectivity index (χ2n) is 19.5. The average Bonchev–Trinajstić information content (AvgIpc) is 4.30. The van der Waals surface area contributed by atoms with Crippen molar-refractivity contribution in [3.05, 3.63) is 249 Å². The predicted octanol–water partition coefficient (Wildman–Crippen LogP) is 18.2. The van der Waals surface area contributed by atoms with Crippen LogP contribution in [0.1, 0.15) is 0 Å². The van der Waals surface area contributed by atoms with E-state index in [1.807, 2.05) is 54.6 Å². The molecule has 0 atom stereocenters. The van der Waals surface area contributed by atoms with E-state index in [0.717, 1.165) is 105 Å². The lowest BCUT2D eigenvalue weighted by atomic mass is 10.00. The van der Waals surface area contributed by atoms with E-state index in [4.69, 9.17) is 23.8 Å². The van der Waals surface area contributed by atoms with E-state index in [0.29, 0.717) is 17.5 Å². The molecule has 5 aromatic heterocycles. The third-order valence-corrected chi connectivity index (χ3v) is 15.2.